The summed E-state index contributed by atoms with van der Waals surface area (Å²) in [5.74, 6) is -0.750. The van der Waals surface area contributed by atoms with Crippen molar-refractivity contribution in [3.63, 3.8) is 0 Å². The molecule has 2 N–H and O–H groups in total. The number of nitrogens with zero attached hydrogens (tertiary/aromatic N) is 1. The molecule has 0 aromatic heterocycles. The van der Waals surface area contributed by atoms with E-state index < -0.39 is 17.8 Å². The van der Waals surface area contributed by atoms with Crippen LogP contribution < -0.4 is 20.2 Å². The molecule has 40 heavy (non-hydrogen) atoms. The van der Waals surface area contributed by atoms with E-state index in [2.05, 4.69) is 15.8 Å². The highest BCUT2D eigenvalue weighted by Gasteiger charge is 2.16. The molecule has 2 amide bonds. The number of hydrazone groups is 1. The second kappa shape index (κ2) is 13.6. The van der Waals surface area contributed by atoms with Gasteiger partial charge < -0.3 is 14.8 Å². The van der Waals surface area contributed by atoms with Gasteiger partial charge in [0.1, 0.15) is 11.5 Å². The number of fused-ring (bicyclic) bond motifs is 1. The van der Waals surface area contributed by atoms with E-state index in [0.29, 0.717) is 28.5 Å². The van der Waals surface area contributed by atoms with Gasteiger partial charge in [0.15, 0.2) is 0 Å². The van der Waals surface area contributed by atoms with E-state index in [0.717, 1.165) is 17.2 Å². The fourth-order valence-corrected chi connectivity index (χ4v) is 4.19. The van der Waals surface area contributed by atoms with Gasteiger partial charge in [-0.05, 0) is 65.7 Å². The number of ether oxygens (including phenoxy) is 2. The van der Waals surface area contributed by atoms with E-state index in [1.165, 1.54) is 24.4 Å². The third-order valence-electron chi connectivity index (χ3n) is 5.67. The lowest BCUT2D eigenvalue weighted by molar-refractivity contribution is -0.120. The molecule has 0 aliphatic carbocycles. The van der Waals surface area contributed by atoms with Crippen molar-refractivity contribution in [2.75, 3.05) is 13.2 Å². The summed E-state index contributed by atoms with van der Waals surface area (Å²) >= 11 is 12.1. The number of nitrogens with one attached hydrogen (secondary N) is 2. The summed E-state index contributed by atoms with van der Waals surface area (Å²) in [4.78, 5) is 37.6. The highest BCUT2D eigenvalue weighted by atomic mass is 35.5. The van der Waals surface area contributed by atoms with Crippen LogP contribution in [0, 0.1) is 0 Å². The van der Waals surface area contributed by atoms with Crippen molar-refractivity contribution in [1.82, 2.24) is 10.7 Å². The van der Waals surface area contributed by atoms with Gasteiger partial charge in [-0.3, -0.25) is 9.59 Å². The van der Waals surface area contributed by atoms with Gasteiger partial charge in [0.25, 0.3) is 11.8 Å². The van der Waals surface area contributed by atoms with Crippen molar-refractivity contribution in [2.24, 2.45) is 5.10 Å². The normalized spacial score (nSPS) is 10.9. The highest BCUT2D eigenvalue weighted by Crippen LogP contribution is 2.29. The van der Waals surface area contributed by atoms with Crippen molar-refractivity contribution in [2.45, 2.75) is 13.3 Å². The van der Waals surface area contributed by atoms with Crippen LogP contribution in [0.25, 0.3) is 10.8 Å². The zero-order valence-corrected chi connectivity index (χ0v) is 23.0. The molecular formula is C30H25Cl2N3O5. The van der Waals surface area contributed by atoms with Gasteiger partial charge in [-0.1, -0.05) is 60.5 Å². The van der Waals surface area contributed by atoms with Gasteiger partial charge in [0.05, 0.1) is 30.0 Å². The smallest absolute Gasteiger partial charge is 0.345 e. The number of benzene rings is 4. The third-order valence-corrected chi connectivity index (χ3v) is 6.21. The van der Waals surface area contributed by atoms with E-state index in [-0.39, 0.29) is 22.9 Å². The van der Waals surface area contributed by atoms with Crippen LogP contribution in [0.4, 0.5) is 0 Å². The monoisotopic (exact) mass is 577 g/mol. The number of hydrogen-bond donors (Lipinski definition) is 2. The molecule has 0 bridgehead atoms. The van der Waals surface area contributed by atoms with Crippen LogP contribution in [-0.4, -0.2) is 37.1 Å². The van der Waals surface area contributed by atoms with Crippen molar-refractivity contribution in [3.05, 3.63) is 106 Å². The predicted octanol–water partition coefficient (Wildman–Crippen LogP) is 6.03. The van der Waals surface area contributed by atoms with Crippen LogP contribution in [0.5, 0.6) is 11.5 Å². The standard InChI is InChI=1S/C30H25Cl2N3O5/c1-2-15-39-22-11-7-20(8-12-22)29(37)33-18-28(36)35-34-17-25-23-6-4-3-5-19(23)9-14-27(25)40-30(38)24-13-10-21(31)16-26(24)32/h3-14,16-17H,2,15,18H2,1H3,(H,33,37)(H,35,36)/b34-17-. The van der Waals surface area contributed by atoms with Crippen molar-refractivity contribution >= 4 is 58.0 Å². The van der Waals surface area contributed by atoms with E-state index in [1.807, 2.05) is 31.2 Å². The average molecular weight is 578 g/mol. The molecule has 0 aliphatic heterocycles. The predicted molar refractivity (Wildman–Crippen MR) is 156 cm³/mol. The quantitative estimate of drug-likeness (QED) is 0.103. The Bertz CT molecular complexity index is 1570. The number of carbonyl (C=O) groups excluding carboxylic acids is 3. The minimum absolute atomic E-state index is 0.147. The Kier molecular flexibility index (Phi) is 9.72. The van der Waals surface area contributed by atoms with Gasteiger partial charge in [0.2, 0.25) is 0 Å². The molecule has 8 nitrogen and oxygen atoms in total. The Balaban J connectivity index is 1.42. The molecule has 0 atom stereocenters. The third kappa shape index (κ3) is 7.37. The van der Waals surface area contributed by atoms with Crippen LogP contribution in [0.1, 0.15) is 39.6 Å². The molecule has 0 unspecified atom stereocenters. The molecular weight excluding hydrogens is 553 g/mol. The number of hydrogen-bond acceptors (Lipinski definition) is 6. The van der Waals surface area contributed by atoms with E-state index >= 15 is 0 Å². The van der Waals surface area contributed by atoms with Gasteiger partial charge in [-0.2, -0.15) is 5.10 Å². The van der Waals surface area contributed by atoms with Crippen LogP contribution in [0.3, 0.4) is 0 Å². The SMILES string of the molecule is CCCOc1ccc(C(=O)NCC(=O)N/N=C\c2c(OC(=O)c3ccc(Cl)cc3Cl)ccc3ccccc23)cc1. The lowest BCUT2D eigenvalue weighted by Gasteiger charge is -2.11. The minimum Gasteiger partial charge on any atom is -0.494 e. The number of esters is 1. The summed E-state index contributed by atoms with van der Waals surface area (Å²) in [5, 5.41) is 8.74. The molecule has 4 aromatic carbocycles. The molecule has 204 valence electrons. The number of halogens is 2. The Labute approximate surface area is 240 Å². The van der Waals surface area contributed by atoms with E-state index in [1.54, 1.807) is 36.4 Å². The maximum atomic E-state index is 12.8. The lowest BCUT2D eigenvalue weighted by Crippen LogP contribution is -2.34. The zero-order chi connectivity index (χ0) is 28.5. The van der Waals surface area contributed by atoms with E-state index in [9.17, 15) is 14.4 Å². The maximum Gasteiger partial charge on any atom is 0.345 e. The molecule has 4 aromatic rings. The molecule has 0 radical (unpaired) electrons. The number of carbonyl (C=O) groups is 3. The van der Waals surface area contributed by atoms with Gasteiger partial charge in [-0.25, -0.2) is 10.2 Å². The molecule has 0 saturated heterocycles. The first-order chi connectivity index (χ1) is 19.4. The summed E-state index contributed by atoms with van der Waals surface area (Å²) in [7, 11) is 0. The van der Waals surface area contributed by atoms with Crippen LogP contribution >= 0.6 is 23.2 Å². The Morgan fingerprint density at radius 3 is 2.48 bits per heavy atom. The molecule has 0 fully saturated rings. The van der Waals surface area contributed by atoms with E-state index in [4.69, 9.17) is 32.7 Å². The molecule has 4 rings (SSSR count). The van der Waals surface area contributed by atoms with Crippen molar-refractivity contribution in [3.8, 4) is 11.5 Å². The number of amides is 2. The Morgan fingerprint density at radius 2 is 1.73 bits per heavy atom. The fraction of sp³-hybridized carbons (Fsp3) is 0.133. The van der Waals surface area contributed by atoms with Gasteiger partial charge >= 0.3 is 5.97 Å². The lowest BCUT2D eigenvalue weighted by atomic mass is 10.0. The summed E-state index contributed by atoms with van der Waals surface area (Å²) in [5.41, 5.74) is 3.39. The summed E-state index contributed by atoms with van der Waals surface area (Å²) in [6, 6.07) is 22.0. The van der Waals surface area contributed by atoms with Crippen LogP contribution in [-0.2, 0) is 4.79 Å². The first-order valence-electron chi connectivity index (χ1n) is 12.4. The van der Waals surface area contributed by atoms with Gasteiger partial charge in [-0.15, -0.1) is 0 Å². The summed E-state index contributed by atoms with van der Waals surface area (Å²) in [6.45, 7) is 2.30. The Morgan fingerprint density at radius 1 is 0.950 bits per heavy atom. The summed E-state index contributed by atoms with van der Waals surface area (Å²) < 4.78 is 11.1. The molecule has 0 saturated carbocycles. The van der Waals surface area contributed by atoms with Crippen molar-refractivity contribution < 1.29 is 23.9 Å². The van der Waals surface area contributed by atoms with Crippen LogP contribution in [0.15, 0.2) is 84.0 Å². The fourth-order valence-electron chi connectivity index (χ4n) is 3.70. The number of rotatable bonds is 10. The first kappa shape index (κ1) is 28.6. The molecule has 10 heteroatoms. The van der Waals surface area contributed by atoms with Gasteiger partial charge in [0, 0.05) is 16.1 Å². The molecule has 0 heterocycles. The maximum absolute atomic E-state index is 12.8. The molecule has 0 aliphatic rings. The largest absolute Gasteiger partial charge is 0.494 e. The highest BCUT2D eigenvalue weighted by molar-refractivity contribution is 6.36. The summed E-state index contributed by atoms with van der Waals surface area (Å²) in [6.07, 6.45) is 2.26. The minimum atomic E-state index is -0.677. The topological polar surface area (TPSA) is 106 Å². The van der Waals surface area contributed by atoms with Crippen molar-refractivity contribution in [1.29, 1.82) is 0 Å². The van der Waals surface area contributed by atoms with Crippen LogP contribution in [0.2, 0.25) is 10.0 Å². The average Bonchev–Trinajstić information content (AvgIpc) is 2.96. The first-order valence-corrected chi connectivity index (χ1v) is 13.1. The second-order valence-electron chi connectivity index (χ2n) is 8.56. The molecule has 0 spiro atoms. The second-order valence-corrected chi connectivity index (χ2v) is 9.40. The zero-order valence-electron chi connectivity index (χ0n) is 21.4. The Hall–Kier alpha value is -4.40.